The van der Waals surface area contributed by atoms with E-state index in [2.05, 4.69) is 24.0 Å². The van der Waals surface area contributed by atoms with Crippen molar-refractivity contribution in [3.63, 3.8) is 0 Å². The normalized spacial score (nSPS) is 17.2. The molecule has 1 aromatic rings. The molecule has 0 spiro atoms. The number of hydrogen-bond donors (Lipinski definition) is 1. The predicted molar refractivity (Wildman–Crippen MR) is 73.9 cm³/mol. The van der Waals surface area contributed by atoms with E-state index in [1.165, 1.54) is 24.1 Å². The Morgan fingerprint density at radius 3 is 2.61 bits per heavy atom. The van der Waals surface area contributed by atoms with Crippen molar-refractivity contribution in [3.05, 3.63) is 29.3 Å². The van der Waals surface area contributed by atoms with Crippen LogP contribution in [0.5, 0.6) is 0 Å². The van der Waals surface area contributed by atoms with E-state index in [9.17, 15) is 0 Å². The van der Waals surface area contributed by atoms with E-state index in [0.29, 0.717) is 5.92 Å². The molecular weight excluding hydrogens is 226 g/mol. The average molecular weight is 249 g/mol. The van der Waals surface area contributed by atoms with Gasteiger partial charge in [-0.2, -0.15) is 0 Å². The van der Waals surface area contributed by atoms with Crippen LogP contribution >= 0.6 is 0 Å². The fourth-order valence-corrected chi connectivity index (χ4v) is 2.75. The number of benzene rings is 1. The van der Waals surface area contributed by atoms with Crippen molar-refractivity contribution in [1.82, 2.24) is 0 Å². The van der Waals surface area contributed by atoms with Crippen molar-refractivity contribution in [3.8, 4) is 0 Å². The number of piperidine rings is 1. The lowest BCUT2D eigenvalue weighted by atomic mass is 9.96. The molecule has 0 unspecified atom stereocenters. The third kappa shape index (κ3) is 3.03. The van der Waals surface area contributed by atoms with Crippen LogP contribution in [0.25, 0.3) is 0 Å². The van der Waals surface area contributed by atoms with Crippen LogP contribution in [0.4, 0.5) is 5.69 Å². The Balaban J connectivity index is 2.01. The molecule has 0 amide bonds. The summed E-state index contributed by atoms with van der Waals surface area (Å²) in [7, 11) is 1.78. The van der Waals surface area contributed by atoms with Crippen LogP contribution in [0.3, 0.4) is 0 Å². The average Bonchev–Trinajstić information content (AvgIpc) is 2.40. The van der Waals surface area contributed by atoms with Gasteiger partial charge in [0.05, 0.1) is 6.61 Å². The van der Waals surface area contributed by atoms with Gasteiger partial charge in [0.2, 0.25) is 0 Å². The summed E-state index contributed by atoms with van der Waals surface area (Å²) in [5, 5.41) is 9.13. The Hall–Kier alpha value is -1.06. The van der Waals surface area contributed by atoms with Gasteiger partial charge in [-0.3, -0.25) is 0 Å². The molecule has 0 aromatic heterocycles. The van der Waals surface area contributed by atoms with Gasteiger partial charge >= 0.3 is 0 Å². The summed E-state index contributed by atoms with van der Waals surface area (Å²) in [5.74, 6) is 0.711. The molecule has 1 fully saturated rings. The van der Waals surface area contributed by atoms with Crippen LogP contribution in [-0.4, -0.2) is 31.9 Å². The lowest BCUT2D eigenvalue weighted by molar-refractivity contribution is 0.139. The first-order valence-electron chi connectivity index (χ1n) is 6.69. The summed E-state index contributed by atoms with van der Waals surface area (Å²) in [5.41, 5.74) is 3.56. The fourth-order valence-electron chi connectivity index (χ4n) is 2.75. The Labute approximate surface area is 109 Å². The van der Waals surface area contributed by atoms with E-state index < -0.39 is 0 Å². The summed E-state index contributed by atoms with van der Waals surface area (Å²) in [6, 6.07) is 6.23. The second-order valence-electron chi connectivity index (χ2n) is 5.16. The topological polar surface area (TPSA) is 32.7 Å². The van der Waals surface area contributed by atoms with Crippen LogP contribution < -0.4 is 4.90 Å². The lowest BCUT2D eigenvalue weighted by Crippen LogP contribution is -2.35. The van der Waals surface area contributed by atoms with Crippen LogP contribution in [0.2, 0.25) is 0 Å². The molecule has 100 valence electrons. The molecule has 0 aliphatic carbocycles. The standard InChI is InChI=1S/C15H23NO2/c1-12-9-14(10-17)3-4-15(12)16-7-5-13(6-8-16)11-18-2/h3-4,9,13,17H,5-8,10-11H2,1-2H3. The Kier molecular flexibility index (Phi) is 4.61. The number of aliphatic hydroxyl groups is 1. The molecule has 0 atom stereocenters. The highest BCUT2D eigenvalue weighted by Gasteiger charge is 2.20. The van der Waals surface area contributed by atoms with Gasteiger partial charge in [0.15, 0.2) is 0 Å². The van der Waals surface area contributed by atoms with Gasteiger partial charge in [0.1, 0.15) is 0 Å². The zero-order chi connectivity index (χ0) is 13.0. The highest BCUT2D eigenvalue weighted by atomic mass is 16.5. The number of aryl methyl sites for hydroxylation is 1. The van der Waals surface area contributed by atoms with Crippen molar-refractivity contribution in [2.45, 2.75) is 26.4 Å². The first-order valence-corrected chi connectivity index (χ1v) is 6.69. The first-order chi connectivity index (χ1) is 8.74. The van der Waals surface area contributed by atoms with E-state index >= 15 is 0 Å². The zero-order valence-corrected chi connectivity index (χ0v) is 11.4. The van der Waals surface area contributed by atoms with Gasteiger partial charge in [-0.25, -0.2) is 0 Å². The molecule has 1 aliphatic rings. The molecule has 2 rings (SSSR count). The van der Waals surface area contributed by atoms with E-state index in [0.717, 1.165) is 25.3 Å². The van der Waals surface area contributed by atoms with Crippen molar-refractivity contribution >= 4 is 5.69 Å². The maximum absolute atomic E-state index is 9.13. The Bertz CT molecular complexity index is 384. The van der Waals surface area contributed by atoms with Gasteiger partial charge in [-0.1, -0.05) is 12.1 Å². The smallest absolute Gasteiger partial charge is 0.0681 e. The summed E-state index contributed by atoms with van der Waals surface area (Å²) in [4.78, 5) is 2.45. The number of rotatable bonds is 4. The molecule has 1 heterocycles. The summed E-state index contributed by atoms with van der Waals surface area (Å²) in [6.45, 7) is 5.34. The molecule has 1 aromatic carbocycles. The minimum absolute atomic E-state index is 0.122. The maximum atomic E-state index is 9.13. The predicted octanol–water partition coefficient (Wildman–Crippen LogP) is 2.35. The van der Waals surface area contributed by atoms with Crippen LogP contribution in [0, 0.1) is 12.8 Å². The van der Waals surface area contributed by atoms with Gasteiger partial charge < -0.3 is 14.7 Å². The largest absolute Gasteiger partial charge is 0.392 e. The minimum Gasteiger partial charge on any atom is -0.392 e. The second kappa shape index (κ2) is 6.21. The molecule has 3 heteroatoms. The second-order valence-corrected chi connectivity index (χ2v) is 5.16. The first kappa shape index (κ1) is 13.4. The summed E-state index contributed by atoms with van der Waals surface area (Å²) < 4.78 is 5.23. The zero-order valence-electron chi connectivity index (χ0n) is 11.4. The summed E-state index contributed by atoms with van der Waals surface area (Å²) in [6.07, 6.45) is 2.41. The maximum Gasteiger partial charge on any atom is 0.0681 e. The van der Waals surface area contributed by atoms with Crippen molar-refractivity contribution in [2.75, 3.05) is 31.7 Å². The third-order valence-electron chi connectivity index (χ3n) is 3.80. The van der Waals surface area contributed by atoms with Crippen LogP contribution in [0.15, 0.2) is 18.2 Å². The Morgan fingerprint density at radius 1 is 1.33 bits per heavy atom. The van der Waals surface area contributed by atoms with Crippen LogP contribution in [-0.2, 0) is 11.3 Å². The highest BCUT2D eigenvalue weighted by molar-refractivity contribution is 5.54. The number of anilines is 1. The van der Waals surface area contributed by atoms with Gasteiger partial charge in [-0.05, 0) is 42.9 Å². The van der Waals surface area contributed by atoms with Crippen molar-refractivity contribution < 1.29 is 9.84 Å². The molecule has 1 aliphatic heterocycles. The quantitative estimate of drug-likeness (QED) is 0.889. The number of methoxy groups -OCH3 is 1. The number of nitrogens with zero attached hydrogens (tertiary/aromatic N) is 1. The highest BCUT2D eigenvalue weighted by Crippen LogP contribution is 2.26. The molecule has 3 nitrogen and oxygen atoms in total. The monoisotopic (exact) mass is 249 g/mol. The molecule has 1 N–H and O–H groups in total. The van der Waals surface area contributed by atoms with Gasteiger partial charge in [-0.15, -0.1) is 0 Å². The van der Waals surface area contributed by atoms with E-state index in [1.54, 1.807) is 7.11 Å². The molecule has 0 bridgehead atoms. The minimum atomic E-state index is 0.122. The van der Waals surface area contributed by atoms with Crippen LogP contribution in [0.1, 0.15) is 24.0 Å². The van der Waals surface area contributed by atoms with E-state index in [-0.39, 0.29) is 6.61 Å². The SMILES string of the molecule is COCC1CCN(c2ccc(CO)cc2C)CC1. The number of ether oxygens (including phenoxy) is 1. The number of hydrogen-bond acceptors (Lipinski definition) is 3. The van der Waals surface area contributed by atoms with E-state index in [4.69, 9.17) is 9.84 Å². The van der Waals surface area contributed by atoms with Crippen molar-refractivity contribution in [1.29, 1.82) is 0 Å². The fraction of sp³-hybridized carbons (Fsp3) is 0.600. The molecule has 1 saturated heterocycles. The molecule has 0 saturated carbocycles. The van der Waals surface area contributed by atoms with E-state index in [1.807, 2.05) is 6.07 Å². The summed E-state index contributed by atoms with van der Waals surface area (Å²) >= 11 is 0. The lowest BCUT2D eigenvalue weighted by Gasteiger charge is -2.34. The Morgan fingerprint density at radius 2 is 2.06 bits per heavy atom. The van der Waals surface area contributed by atoms with Crippen molar-refractivity contribution in [2.24, 2.45) is 5.92 Å². The van der Waals surface area contributed by atoms with Gasteiger partial charge in [0, 0.05) is 32.5 Å². The van der Waals surface area contributed by atoms with Gasteiger partial charge in [0.25, 0.3) is 0 Å². The third-order valence-corrected chi connectivity index (χ3v) is 3.80. The molecular formula is C15H23NO2. The molecule has 18 heavy (non-hydrogen) atoms. The number of aliphatic hydroxyl groups excluding tert-OH is 1. The molecule has 0 radical (unpaired) electrons.